The molecule has 3 nitrogen and oxygen atoms in total. The van der Waals surface area contributed by atoms with E-state index in [0.717, 1.165) is 16.7 Å². The summed E-state index contributed by atoms with van der Waals surface area (Å²) < 4.78 is 5.96. The third-order valence-electron chi connectivity index (χ3n) is 4.73. The summed E-state index contributed by atoms with van der Waals surface area (Å²) in [4.78, 5) is 13.2. The molecule has 0 radical (unpaired) electrons. The molecule has 0 aliphatic carbocycles. The van der Waals surface area contributed by atoms with Gasteiger partial charge in [0.05, 0.1) is 12.0 Å². The van der Waals surface area contributed by atoms with Gasteiger partial charge in [0, 0.05) is 21.2 Å². The van der Waals surface area contributed by atoms with E-state index in [2.05, 4.69) is 5.32 Å². The zero-order valence-electron chi connectivity index (χ0n) is 14.6. The molecule has 0 saturated heterocycles. The fraction of sp³-hybridized carbons (Fsp3) is 0.136. The Labute approximate surface area is 167 Å². The summed E-state index contributed by atoms with van der Waals surface area (Å²) in [5.41, 5.74) is 2.52. The summed E-state index contributed by atoms with van der Waals surface area (Å²) in [7, 11) is 0. The first-order valence-electron chi connectivity index (χ1n) is 8.65. The van der Waals surface area contributed by atoms with Gasteiger partial charge >= 0.3 is 0 Å². The van der Waals surface area contributed by atoms with Crippen molar-refractivity contribution in [1.82, 2.24) is 5.32 Å². The number of nitrogens with one attached hydrogen (secondary N) is 1. The summed E-state index contributed by atoms with van der Waals surface area (Å²) >= 11 is 12.3. The number of carbonyl (C=O) groups excluding carboxylic acids is 1. The number of fused-ring (bicyclic) bond motifs is 2. The van der Waals surface area contributed by atoms with Crippen molar-refractivity contribution >= 4 is 29.1 Å². The first-order valence-corrected chi connectivity index (χ1v) is 9.41. The zero-order chi connectivity index (χ0) is 19.0. The maximum Gasteiger partial charge on any atom is 0.232 e. The smallest absolute Gasteiger partial charge is 0.232 e. The molecule has 5 heteroatoms. The molecule has 136 valence electrons. The zero-order valence-corrected chi connectivity index (χ0v) is 16.1. The molecule has 1 aliphatic rings. The largest absolute Gasteiger partial charge is 0.457 e. The molecule has 0 saturated carbocycles. The van der Waals surface area contributed by atoms with Gasteiger partial charge in [-0.05, 0) is 36.8 Å². The van der Waals surface area contributed by atoms with Crippen LogP contribution in [0, 0.1) is 0 Å². The molecule has 1 heterocycles. The van der Waals surface area contributed by atoms with Crippen LogP contribution >= 0.6 is 23.2 Å². The first-order chi connectivity index (χ1) is 13.0. The number of ether oxygens (including phenoxy) is 1. The van der Waals surface area contributed by atoms with Crippen LogP contribution in [0.25, 0.3) is 0 Å². The van der Waals surface area contributed by atoms with E-state index in [4.69, 9.17) is 27.9 Å². The summed E-state index contributed by atoms with van der Waals surface area (Å²) in [5.74, 6) is 0.860. The van der Waals surface area contributed by atoms with Gasteiger partial charge in [-0.15, -0.1) is 0 Å². The van der Waals surface area contributed by atoms with Crippen LogP contribution in [0.4, 0.5) is 0 Å². The van der Waals surface area contributed by atoms with Gasteiger partial charge in [-0.25, -0.2) is 0 Å². The summed E-state index contributed by atoms with van der Waals surface area (Å²) in [5, 5.41) is 4.18. The normalized spacial score (nSPS) is 13.9. The maximum absolute atomic E-state index is 13.2. The lowest BCUT2D eigenvalue weighted by atomic mass is 9.87. The van der Waals surface area contributed by atoms with E-state index >= 15 is 0 Å². The molecule has 1 amide bonds. The minimum Gasteiger partial charge on any atom is -0.457 e. The Kier molecular flexibility index (Phi) is 4.81. The van der Waals surface area contributed by atoms with Crippen LogP contribution in [0.5, 0.6) is 11.5 Å². The van der Waals surface area contributed by atoms with Crippen LogP contribution in [0.3, 0.4) is 0 Å². The van der Waals surface area contributed by atoms with Gasteiger partial charge in [0.15, 0.2) is 0 Å². The van der Waals surface area contributed by atoms with Crippen LogP contribution in [0.15, 0.2) is 66.7 Å². The van der Waals surface area contributed by atoms with Crippen molar-refractivity contribution in [3.05, 3.63) is 93.5 Å². The van der Waals surface area contributed by atoms with Crippen molar-refractivity contribution in [2.45, 2.75) is 18.9 Å². The fourth-order valence-electron chi connectivity index (χ4n) is 3.42. The third kappa shape index (κ3) is 3.41. The Bertz CT molecular complexity index is 973. The quantitative estimate of drug-likeness (QED) is 0.578. The summed E-state index contributed by atoms with van der Waals surface area (Å²) in [6.45, 7) is 1.91. The molecule has 1 N–H and O–H groups in total. The lowest BCUT2D eigenvalue weighted by Gasteiger charge is -2.28. The molecule has 0 fully saturated rings. The van der Waals surface area contributed by atoms with Gasteiger partial charge in [-0.1, -0.05) is 65.7 Å². The SMILES string of the molecule is C[C@@H](NC(=O)C1c2ccccc2Oc2ccccc21)c1ccc(Cl)cc1Cl. The van der Waals surface area contributed by atoms with Crippen LogP contribution < -0.4 is 10.1 Å². The lowest BCUT2D eigenvalue weighted by molar-refractivity contribution is -0.122. The number of benzene rings is 3. The van der Waals surface area contributed by atoms with E-state index < -0.39 is 5.92 Å². The van der Waals surface area contributed by atoms with Gasteiger partial charge in [0.1, 0.15) is 11.5 Å². The van der Waals surface area contributed by atoms with E-state index in [1.807, 2.05) is 61.5 Å². The fourth-order valence-corrected chi connectivity index (χ4v) is 3.99. The highest BCUT2D eigenvalue weighted by Crippen LogP contribution is 2.44. The van der Waals surface area contributed by atoms with Crippen molar-refractivity contribution in [2.75, 3.05) is 0 Å². The molecule has 3 aromatic carbocycles. The topological polar surface area (TPSA) is 38.3 Å². The molecule has 1 atom stereocenters. The van der Waals surface area contributed by atoms with Crippen molar-refractivity contribution in [3.63, 3.8) is 0 Å². The van der Waals surface area contributed by atoms with E-state index in [1.165, 1.54) is 0 Å². The van der Waals surface area contributed by atoms with Gasteiger partial charge in [-0.2, -0.15) is 0 Å². The van der Waals surface area contributed by atoms with E-state index in [1.54, 1.807) is 12.1 Å². The van der Waals surface area contributed by atoms with Crippen molar-refractivity contribution in [1.29, 1.82) is 0 Å². The van der Waals surface area contributed by atoms with Gasteiger partial charge in [0.2, 0.25) is 5.91 Å². The Hall–Kier alpha value is -2.49. The average molecular weight is 398 g/mol. The predicted octanol–water partition coefficient (Wildman–Crippen LogP) is 6.11. The summed E-state index contributed by atoms with van der Waals surface area (Å²) in [6.07, 6.45) is 0. The number of hydrogen-bond acceptors (Lipinski definition) is 2. The third-order valence-corrected chi connectivity index (χ3v) is 5.29. The standard InChI is InChI=1S/C22H17Cl2NO2/c1-13(15-11-10-14(23)12-18(15)24)25-22(26)21-16-6-2-4-8-19(16)27-20-9-5-3-7-17(20)21/h2-13,21H,1H3,(H,25,26)/t13-/m1/s1. The molecular formula is C22H17Cl2NO2. The monoisotopic (exact) mass is 397 g/mol. The van der Waals surface area contributed by atoms with Crippen LogP contribution in [-0.2, 0) is 4.79 Å². The molecule has 0 bridgehead atoms. The number of halogens is 2. The van der Waals surface area contributed by atoms with Crippen molar-refractivity contribution in [2.24, 2.45) is 0 Å². The van der Waals surface area contributed by atoms with Crippen molar-refractivity contribution < 1.29 is 9.53 Å². The van der Waals surface area contributed by atoms with Crippen LogP contribution in [0.2, 0.25) is 10.0 Å². The molecule has 0 unspecified atom stereocenters. The van der Waals surface area contributed by atoms with Crippen LogP contribution in [0.1, 0.15) is 35.6 Å². The average Bonchev–Trinajstić information content (AvgIpc) is 2.65. The van der Waals surface area contributed by atoms with Gasteiger partial charge < -0.3 is 10.1 Å². The van der Waals surface area contributed by atoms with Gasteiger partial charge in [-0.3, -0.25) is 4.79 Å². The lowest BCUT2D eigenvalue weighted by Crippen LogP contribution is -2.33. The second-order valence-corrected chi connectivity index (χ2v) is 7.35. The Morgan fingerprint density at radius 1 is 0.963 bits per heavy atom. The summed E-state index contributed by atoms with van der Waals surface area (Å²) in [6, 6.07) is 20.3. The highest BCUT2D eigenvalue weighted by molar-refractivity contribution is 6.35. The highest BCUT2D eigenvalue weighted by atomic mass is 35.5. The molecule has 0 aromatic heterocycles. The van der Waals surface area contributed by atoms with E-state index in [0.29, 0.717) is 21.5 Å². The highest BCUT2D eigenvalue weighted by Gasteiger charge is 2.33. The number of amides is 1. The molecule has 4 rings (SSSR count). The van der Waals surface area contributed by atoms with Gasteiger partial charge in [0.25, 0.3) is 0 Å². The number of para-hydroxylation sites is 2. The number of carbonyl (C=O) groups is 1. The van der Waals surface area contributed by atoms with Crippen molar-refractivity contribution in [3.8, 4) is 11.5 Å². The molecular weight excluding hydrogens is 381 g/mol. The van der Waals surface area contributed by atoms with E-state index in [-0.39, 0.29) is 11.9 Å². The minimum atomic E-state index is -0.445. The second-order valence-electron chi connectivity index (χ2n) is 6.51. The first kappa shape index (κ1) is 17.9. The molecule has 0 spiro atoms. The maximum atomic E-state index is 13.2. The number of hydrogen-bond donors (Lipinski definition) is 1. The second kappa shape index (κ2) is 7.26. The predicted molar refractivity (Wildman–Crippen MR) is 108 cm³/mol. The van der Waals surface area contributed by atoms with Crippen LogP contribution in [-0.4, -0.2) is 5.91 Å². The molecule has 27 heavy (non-hydrogen) atoms. The minimum absolute atomic E-state index is 0.100. The Morgan fingerprint density at radius 3 is 2.15 bits per heavy atom. The number of rotatable bonds is 3. The van der Waals surface area contributed by atoms with E-state index in [9.17, 15) is 4.79 Å². The Morgan fingerprint density at radius 2 is 1.56 bits per heavy atom. The Balaban J connectivity index is 1.67. The molecule has 3 aromatic rings. The molecule has 1 aliphatic heterocycles.